The maximum absolute atomic E-state index is 12.8. The molecule has 2 amide bonds. The molecule has 0 atom stereocenters. The van der Waals surface area contributed by atoms with Gasteiger partial charge in [0.1, 0.15) is 18.0 Å². The van der Waals surface area contributed by atoms with Gasteiger partial charge in [-0.1, -0.05) is 13.0 Å². The van der Waals surface area contributed by atoms with E-state index in [9.17, 15) is 14.4 Å². The Kier molecular flexibility index (Phi) is 6.95. The molecule has 1 aliphatic heterocycles. The monoisotopic (exact) mass is 424 g/mol. The molecular formula is C24H28N2O5. The molecule has 7 nitrogen and oxygen atoms in total. The van der Waals surface area contributed by atoms with Crippen LogP contribution < -0.4 is 19.7 Å². The Bertz CT molecular complexity index is 1020. The average Bonchev–Trinajstić information content (AvgIpc) is 2.75. The van der Waals surface area contributed by atoms with Gasteiger partial charge in [0, 0.05) is 12.1 Å². The first-order valence-electron chi connectivity index (χ1n) is 10.4. The van der Waals surface area contributed by atoms with Crippen molar-refractivity contribution in [3.05, 3.63) is 52.6 Å². The van der Waals surface area contributed by atoms with Crippen molar-refractivity contribution in [1.29, 1.82) is 0 Å². The Morgan fingerprint density at radius 2 is 1.94 bits per heavy atom. The summed E-state index contributed by atoms with van der Waals surface area (Å²) in [6.07, 6.45) is 0.804. The third-order valence-corrected chi connectivity index (χ3v) is 5.22. The summed E-state index contributed by atoms with van der Waals surface area (Å²) in [7, 11) is 0. The van der Waals surface area contributed by atoms with Gasteiger partial charge in [-0.3, -0.25) is 19.3 Å². The molecule has 3 rings (SSSR count). The molecule has 0 fully saturated rings. The molecule has 0 aliphatic carbocycles. The minimum Gasteiger partial charge on any atom is -0.485 e. The smallest absolute Gasteiger partial charge is 0.265 e. The Hall–Kier alpha value is -3.35. The van der Waals surface area contributed by atoms with E-state index in [-0.39, 0.29) is 37.4 Å². The van der Waals surface area contributed by atoms with Gasteiger partial charge in [0.25, 0.3) is 5.91 Å². The van der Waals surface area contributed by atoms with E-state index in [0.29, 0.717) is 29.3 Å². The van der Waals surface area contributed by atoms with Crippen LogP contribution in [0.4, 0.5) is 5.69 Å². The lowest BCUT2D eigenvalue weighted by Crippen LogP contribution is -2.45. The number of aryl methyl sites for hydroxylation is 2. The second-order valence-electron chi connectivity index (χ2n) is 7.72. The molecule has 0 unspecified atom stereocenters. The number of rotatable bonds is 8. The van der Waals surface area contributed by atoms with Crippen molar-refractivity contribution in [1.82, 2.24) is 5.32 Å². The Balaban J connectivity index is 1.77. The van der Waals surface area contributed by atoms with Crippen LogP contribution in [0, 0.1) is 20.8 Å². The summed E-state index contributed by atoms with van der Waals surface area (Å²) in [5.41, 5.74) is 3.96. The van der Waals surface area contributed by atoms with Gasteiger partial charge in [0.15, 0.2) is 19.0 Å². The summed E-state index contributed by atoms with van der Waals surface area (Å²) in [6.45, 7) is 8.04. The molecule has 0 saturated heterocycles. The van der Waals surface area contributed by atoms with Crippen molar-refractivity contribution in [2.45, 2.75) is 34.1 Å². The van der Waals surface area contributed by atoms with Crippen LogP contribution in [-0.4, -0.2) is 43.9 Å². The Morgan fingerprint density at radius 1 is 1.16 bits per heavy atom. The number of nitrogens with zero attached hydrogens (tertiary/aromatic N) is 1. The zero-order valence-electron chi connectivity index (χ0n) is 18.4. The van der Waals surface area contributed by atoms with Crippen molar-refractivity contribution in [2.24, 2.45) is 0 Å². The SMILES string of the molecule is CCCNC(=O)CN1C(=O)COc2ccc(C(=O)COc3cc(C)cc(C)c3C)cc21. The molecule has 164 valence electrons. The van der Waals surface area contributed by atoms with Crippen molar-refractivity contribution >= 4 is 23.3 Å². The van der Waals surface area contributed by atoms with Crippen LogP contribution in [0.5, 0.6) is 11.5 Å². The number of benzene rings is 2. The van der Waals surface area contributed by atoms with Crippen LogP contribution in [0.1, 0.15) is 40.4 Å². The summed E-state index contributed by atoms with van der Waals surface area (Å²) in [4.78, 5) is 38.7. The van der Waals surface area contributed by atoms with Gasteiger partial charge < -0.3 is 14.8 Å². The molecule has 2 aromatic rings. The van der Waals surface area contributed by atoms with E-state index < -0.39 is 0 Å². The Labute approximate surface area is 182 Å². The summed E-state index contributed by atoms with van der Waals surface area (Å²) in [5.74, 6) is 0.330. The number of carbonyl (C=O) groups excluding carboxylic acids is 3. The number of ketones is 1. The standard InChI is InChI=1S/C24H28N2O5/c1-5-8-25-23(28)12-26-19-11-18(6-7-21(19)31-14-24(26)29)20(27)13-30-22-10-15(2)9-16(3)17(22)4/h6-7,9-11H,5,8,12-14H2,1-4H3,(H,25,28). The summed E-state index contributed by atoms with van der Waals surface area (Å²) < 4.78 is 11.3. The maximum Gasteiger partial charge on any atom is 0.265 e. The van der Waals surface area contributed by atoms with Crippen LogP contribution in [0.25, 0.3) is 0 Å². The first-order valence-corrected chi connectivity index (χ1v) is 10.4. The first-order chi connectivity index (χ1) is 14.8. The van der Waals surface area contributed by atoms with Gasteiger partial charge in [-0.2, -0.15) is 0 Å². The maximum atomic E-state index is 12.8. The second kappa shape index (κ2) is 9.64. The molecule has 7 heteroatoms. The summed E-state index contributed by atoms with van der Waals surface area (Å²) in [6, 6.07) is 8.85. The van der Waals surface area contributed by atoms with Crippen molar-refractivity contribution in [3.63, 3.8) is 0 Å². The molecule has 0 radical (unpaired) electrons. The number of amides is 2. The fourth-order valence-corrected chi connectivity index (χ4v) is 3.39. The van der Waals surface area contributed by atoms with E-state index >= 15 is 0 Å². The lowest BCUT2D eigenvalue weighted by Gasteiger charge is -2.29. The third kappa shape index (κ3) is 5.23. The molecule has 1 heterocycles. The molecule has 0 bridgehead atoms. The molecule has 0 saturated carbocycles. The van der Waals surface area contributed by atoms with E-state index in [4.69, 9.17) is 9.47 Å². The minimum absolute atomic E-state index is 0.120. The van der Waals surface area contributed by atoms with Crippen LogP contribution in [0.3, 0.4) is 0 Å². The summed E-state index contributed by atoms with van der Waals surface area (Å²) in [5, 5.41) is 2.76. The molecule has 31 heavy (non-hydrogen) atoms. The highest BCUT2D eigenvalue weighted by molar-refractivity contribution is 6.04. The predicted octanol–water partition coefficient (Wildman–Crippen LogP) is 3.13. The average molecular weight is 424 g/mol. The number of fused-ring (bicyclic) bond motifs is 1. The number of Topliss-reactive ketones (excluding diaryl/α,β-unsaturated/α-hetero) is 1. The lowest BCUT2D eigenvalue weighted by molar-refractivity contribution is -0.125. The fourth-order valence-electron chi connectivity index (χ4n) is 3.39. The van der Waals surface area contributed by atoms with E-state index in [0.717, 1.165) is 23.1 Å². The molecule has 2 aromatic carbocycles. The lowest BCUT2D eigenvalue weighted by atomic mass is 10.1. The zero-order valence-corrected chi connectivity index (χ0v) is 18.4. The first kappa shape index (κ1) is 22.3. The van der Waals surface area contributed by atoms with Gasteiger partial charge in [-0.05, 0) is 68.1 Å². The summed E-state index contributed by atoms with van der Waals surface area (Å²) >= 11 is 0. The van der Waals surface area contributed by atoms with Crippen molar-refractivity contribution in [2.75, 3.05) is 31.2 Å². The highest BCUT2D eigenvalue weighted by Crippen LogP contribution is 2.33. The number of ether oxygens (including phenoxy) is 2. The van der Waals surface area contributed by atoms with Gasteiger partial charge in [0.2, 0.25) is 5.91 Å². The molecule has 0 spiro atoms. The quantitative estimate of drug-likeness (QED) is 0.658. The third-order valence-electron chi connectivity index (χ3n) is 5.22. The topological polar surface area (TPSA) is 84.9 Å². The number of nitrogens with one attached hydrogen (secondary N) is 1. The predicted molar refractivity (Wildman–Crippen MR) is 118 cm³/mol. The zero-order chi connectivity index (χ0) is 22.5. The molecule has 1 N–H and O–H groups in total. The van der Waals surface area contributed by atoms with Crippen LogP contribution >= 0.6 is 0 Å². The largest absolute Gasteiger partial charge is 0.485 e. The minimum atomic E-state index is -0.328. The highest BCUT2D eigenvalue weighted by Gasteiger charge is 2.28. The second-order valence-corrected chi connectivity index (χ2v) is 7.72. The number of anilines is 1. The van der Waals surface area contributed by atoms with Crippen LogP contribution in [-0.2, 0) is 9.59 Å². The van der Waals surface area contributed by atoms with Crippen molar-refractivity contribution in [3.8, 4) is 11.5 Å². The molecule has 1 aliphatic rings. The van der Waals surface area contributed by atoms with E-state index in [1.807, 2.05) is 33.8 Å². The number of hydrogen-bond acceptors (Lipinski definition) is 5. The molecular weight excluding hydrogens is 396 g/mol. The fraction of sp³-hybridized carbons (Fsp3) is 0.375. The normalized spacial score (nSPS) is 12.8. The Morgan fingerprint density at radius 3 is 2.68 bits per heavy atom. The van der Waals surface area contributed by atoms with E-state index in [2.05, 4.69) is 11.4 Å². The van der Waals surface area contributed by atoms with Gasteiger partial charge in [0.05, 0.1) is 5.69 Å². The van der Waals surface area contributed by atoms with E-state index in [1.54, 1.807) is 18.2 Å². The van der Waals surface area contributed by atoms with Gasteiger partial charge in [-0.25, -0.2) is 0 Å². The van der Waals surface area contributed by atoms with E-state index in [1.165, 1.54) is 4.90 Å². The van der Waals surface area contributed by atoms with Crippen LogP contribution in [0.2, 0.25) is 0 Å². The molecule has 0 aromatic heterocycles. The van der Waals surface area contributed by atoms with Gasteiger partial charge >= 0.3 is 0 Å². The highest BCUT2D eigenvalue weighted by atomic mass is 16.5. The van der Waals surface area contributed by atoms with Crippen LogP contribution in [0.15, 0.2) is 30.3 Å². The van der Waals surface area contributed by atoms with Crippen molar-refractivity contribution < 1.29 is 23.9 Å². The number of carbonyl (C=O) groups is 3. The number of hydrogen-bond donors (Lipinski definition) is 1. The van der Waals surface area contributed by atoms with Gasteiger partial charge in [-0.15, -0.1) is 0 Å².